The van der Waals surface area contributed by atoms with Gasteiger partial charge in [0.1, 0.15) is 0 Å². The minimum atomic E-state index is -3.34. The van der Waals surface area contributed by atoms with Gasteiger partial charge in [0.25, 0.3) is 0 Å². The molecule has 0 N–H and O–H groups in total. The van der Waals surface area contributed by atoms with Gasteiger partial charge in [-0.15, -0.1) is 0 Å². The molecule has 1 aromatic carbocycles. The molecule has 2 rings (SSSR count). The Morgan fingerprint density at radius 3 is 2.27 bits per heavy atom. The third kappa shape index (κ3) is 3.85. The van der Waals surface area contributed by atoms with Gasteiger partial charge in [-0.25, -0.2) is 8.42 Å². The Morgan fingerprint density at radius 2 is 1.82 bits per heavy atom. The minimum Gasteiger partial charge on any atom is -0.457 e. The second-order valence-corrected chi connectivity index (χ2v) is 7.64. The first-order valence-electron chi connectivity index (χ1n) is 6.94. The van der Waals surface area contributed by atoms with E-state index < -0.39 is 10.0 Å². The summed E-state index contributed by atoms with van der Waals surface area (Å²) in [6.07, 6.45) is 1.92. The van der Waals surface area contributed by atoms with Crippen LogP contribution in [0.5, 0.6) is 0 Å². The number of carbonyl (C=O) groups excluding carboxylic acids is 2. The third-order valence-electron chi connectivity index (χ3n) is 3.81. The molecule has 1 aliphatic rings. The van der Waals surface area contributed by atoms with Crippen LogP contribution < -0.4 is 4.31 Å². The van der Waals surface area contributed by atoms with E-state index in [2.05, 4.69) is 0 Å². The summed E-state index contributed by atoms with van der Waals surface area (Å²) in [5.41, 5.74) is 0.838. The van der Waals surface area contributed by atoms with Crippen molar-refractivity contribution in [1.29, 1.82) is 0 Å². The predicted molar refractivity (Wildman–Crippen MR) is 82.2 cm³/mol. The van der Waals surface area contributed by atoms with Crippen molar-refractivity contribution in [2.45, 2.75) is 13.3 Å². The number of benzene rings is 1. The first-order valence-corrected chi connectivity index (χ1v) is 8.79. The average molecular weight is 325 g/mol. The van der Waals surface area contributed by atoms with Crippen molar-refractivity contribution in [3.8, 4) is 0 Å². The maximum absolute atomic E-state index is 11.9. The number of ketones is 1. The van der Waals surface area contributed by atoms with Crippen LogP contribution in [0, 0.1) is 11.8 Å². The lowest BCUT2D eigenvalue weighted by atomic mass is 10.1. The molecule has 0 radical (unpaired) electrons. The van der Waals surface area contributed by atoms with Crippen LogP contribution >= 0.6 is 0 Å². The van der Waals surface area contributed by atoms with E-state index in [1.54, 1.807) is 12.1 Å². The predicted octanol–water partition coefficient (Wildman–Crippen LogP) is 1.46. The minimum absolute atomic E-state index is 0.0708. The van der Waals surface area contributed by atoms with E-state index in [0.717, 1.165) is 17.0 Å². The van der Waals surface area contributed by atoms with E-state index >= 15 is 0 Å². The lowest BCUT2D eigenvalue weighted by molar-refractivity contribution is -0.144. The maximum Gasteiger partial charge on any atom is 0.309 e. The van der Waals surface area contributed by atoms with E-state index in [1.807, 2.05) is 6.92 Å². The van der Waals surface area contributed by atoms with Gasteiger partial charge in [0, 0.05) is 12.6 Å². The van der Waals surface area contributed by atoms with Crippen molar-refractivity contribution in [2.24, 2.45) is 11.8 Å². The van der Waals surface area contributed by atoms with Crippen LogP contribution in [0.15, 0.2) is 24.3 Å². The molecule has 2 atom stereocenters. The summed E-state index contributed by atoms with van der Waals surface area (Å²) in [5.74, 6) is -0.364. The van der Waals surface area contributed by atoms with Crippen LogP contribution in [0.25, 0.3) is 0 Å². The van der Waals surface area contributed by atoms with Gasteiger partial charge in [-0.1, -0.05) is 6.92 Å². The zero-order valence-corrected chi connectivity index (χ0v) is 13.6. The van der Waals surface area contributed by atoms with E-state index in [4.69, 9.17) is 4.74 Å². The molecule has 6 nitrogen and oxygen atoms in total. The molecule has 0 aliphatic heterocycles. The first-order chi connectivity index (χ1) is 10.2. The van der Waals surface area contributed by atoms with Gasteiger partial charge >= 0.3 is 5.97 Å². The van der Waals surface area contributed by atoms with Crippen molar-refractivity contribution >= 4 is 27.5 Å². The van der Waals surface area contributed by atoms with Crippen LogP contribution in [0.1, 0.15) is 23.7 Å². The highest BCUT2D eigenvalue weighted by Crippen LogP contribution is 2.38. The topological polar surface area (TPSA) is 80.8 Å². The molecule has 0 unspecified atom stereocenters. The standard InChI is InChI=1S/C15H19NO5S/c1-10-8-13(10)15(18)21-9-14(17)11-4-6-12(7-5-11)16(2)22(3,19)20/h4-7,10,13H,8-9H2,1-3H3/t10-,13+/m1/s1. The molecule has 0 bridgehead atoms. The molecule has 1 saturated carbocycles. The molecule has 1 fully saturated rings. The molecule has 0 spiro atoms. The second-order valence-electron chi connectivity index (χ2n) is 5.63. The Hall–Kier alpha value is -1.89. The summed E-state index contributed by atoms with van der Waals surface area (Å²) in [5, 5.41) is 0. The van der Waals surface area contributed by atoms with Gasteiger partial charge in [-0.05, 0) is 36.6 Å². The molecule has 0 saturated heterocycles. The molecule has 22 heavy (non-hydrogen) atoms. The Kier molecular flexibility index (Phi) is 4.55. The van der Waals surface area contributed by atoms with Crippen LogP contribution in [0.4, 0.5) is 5.69 Å². The lowest BCUT2D eigenvalue weighted by Crippen LogP contribution is -2.24. The molecule has 1 aliphatic carbocycles. The second kappa shape index (κ2) is 6.08. The van der Waals surface area contributed by atoms with Crippen LogP contribution in [0.3, 0.4) is 0 Å². The Morgan fingerprint density at radius 1 is 1.27 bits per heavy atom. The van der Waals surface area contributed by atoms with Crippen LogP contribution in [0.2, 0.25) is 0 Å². The lowest BCUT2D eigenvalue weighted by Gasteiger charge is -2.16. The number of hydrogen-bond donors (Lipinski definition) is 0. The number of esters is 1. The summed E-state index contributed by atoms with van der Waals surface area (Å²) in [7, 11) is -1.90. The average Bonchev–Trinajstić information content (AvgIpc) is 3.20. The Bertz CT molecular complexity index is 680. The number of Topliss-reactive ketones (excluding diaryl/α,β-unsaturated/α-hetero) is 1. The zero-order chi connectivity index (χ0) is 16.5. The fraction of sp³-hybridized carbons (Fsp3) is 0.467. The van der Waals surface area contributed by atoms with E-state index in [-0.39, 0.29) is 24.3 Å². The third-order valence-corrected chi connectivity index (χ3v) is 5.01. The van der Waals surface area contributed by atoms with Gasteiger partial charge in [0.05, 0.1) is 17.9 Å². The molecule has 0 amide bonds. The molecular weight excluding hydrogens is 306 g/mol. The first kappa shape index (κ1) is 16.5. The van der Waals surface area contributed by atoms with Crippen molar-refractivity contribution in [3.63, 3.8) is 0 Å². The van der Waals surface area contributed by atoms with Crippen LogP contribution in [-0.2, 0) is 19.6 Å². The Labute approximate surface area is 130 Å². The van der Waals surface area contributed by atoms with E-state index in [9.17, 15) is 18.0 Å². The smallest absolute Gasteiger partial charge is 0.309 e. The van der Waals surface area contributed by atoms with Crippen LogP contribution in [-0.4, -0.2) is 40.1 Å². The molecule has 1 aromatic rings. The monoisotopic (exact) mass is 325 g/mol. The van der Waals surface area contributed by atoms with E-state index in [0.29, 0.717) is 17.2 Å². The number of nitrogens with zero attached hydrogens (tertiary/aromatic N) is 1. The fourth-order valence-electron chi connectivity index (χ4n) is 2.03. The number of rotatable bonds is 6. The molecule has 120 valence electrons. The largest absolute Gasteiger partial charge is 0.457 e. The van der Waals surface area contributed by atoms with Crippen molar-refractivity contribution in [2.75, 3.05) is 24.2 Å². The fourth-order valence-corrected chi connectivity index (χ4v) is 2.53. The number of sulfonamides is 1. The summed E-state index contributed by atoms with van der Waals surface area (Å²) in [6.45, 7) is 1.67. The quantitative estimate of drug-likeness (QED) is 0.584. The summed E-state index contributed by atoms with van der Waals surface area (Å²) >= 11 is 0. The highest BCUT2D eigenvalue weighted by molar-refractivity contribution is 7.92. The van der Waals surface area contributed by atoms with Gasteiger partial charge < -0.3 is 4.74 Å². The van der Waals surface area contributed by atoms with Gasteiger partial charge in [-0.3, -0.25) is 13.9 Å². The van der Waals surface area contributed by atoms with Gasteiger partial charge in [0.15, 0.2) is 12.4 Å². The maximum atomic E-state index is 11.9. The molecule has 0 heterocycles. The number of anilines is 1. The SMILES string of the molecule is C[C@@H]1C[C@@H]1C(=O)OCC(=O)c1ccc(N(C)S(C)(=O)=O)cc1. The number of hydrogen-bond acceptors (Lipinski definition) is 5. The number of carbonyl (C=O) groups is 2. The van der Waals surface area contributed by atoms with Crippen molar-refractivity contribution in [3.05, 3.63) is 29.8 Å². The Balaban J connectivity index is 1.95. The molecule has 0 aromatic heterocycles. The van der Waals surface area contributed by atoms with Crippen molar-refractivity contribution < 1.29 is 22.7 Å². The van der Waals surface area contributed by atoms with Gasteiger partial charge in [-0.2, -0.15) is 0 Å². The zero-order valence-electron chi connectivity index (χ0n) is 12.8. The summed E-state index contributed by atoms with van der Waals surface area (Å²) < 4.78 is 29.0. The van der Waals surface area contributed by atoms with E-state index in [1.165, 1.54) is 19.2 Å². The normalized spacial score (nSPS) is 20.3. The summed E-state index contributed by atoms with van der Waals surface area (Å²) in [6, 6.07) is 6.12. The highest BCUT2D eigenvalue weighted by atomic mass is 32.2. The molecular formula is C15H19NO5S. The number of ether oxygens (including phenoxy) is 1. The highest BCUT2D eigenvalue weighted by Gasteiger charge is 2.40. The van der Waals surface area contributed by atoms with Gasteiger partial charge in [0.2, 0.25) is 10.0 Å². The summed E-state index contributed by atoms with van der Waals surface area (Å²) in [4.78, 5) is 23.5. The van der Waals surface area contributed by atoms with Crippen molar-refractivity contribution in [1.82, 2.24) is 0 Å². The molecule has 7 heteroatoms.